The van der Waals surface area contributed by atoms with Crippen LogP contribution in [0.25, 0.3) is 0 Å². The fourth-order valence-corrected chi connectivity index (χ4v) is 5.34. The van der Waals surface area contributed by atoms with Crippen molar-refractivity contribution >= 4 is 39.1 Å². The lowest BCUT2D eigenvalue weighted by Crippen LogP contribution is -2.47. The molecule has 2 amide bonds. The topological polar surface area (TPSA) is 49.9 Å². The van der Waals surface area contributed by atoms with E-state index < -0.39 is 0 Å². The minimum absolute atomic E-state index is 0.0656. The van der Waals surface area contributed by atoms with Crippen LogP contribution in [0.4, 0.5) is 4.39 Å². The van der Waals surface area contributed by atoms with Gasteiger partial charge < -0.3 is 14.5 Å². The second-order valence-corrected chi connectivity index (χ2v) is 9.82. The zero-order valence-electron chi connectivity index (χ0n) is 18.5. The number of thiophene rings is 1. The van der Waals surface area contributed by atoms with Crippen molar-refractivity contribution in [2.24, 2.45) is 0 Å². The summed E-state index contributed by atoms with van der Waals surface area (Å²) in [5.74, 6) is -0.190. The number of benzene rings is 2. The normalized spacial score (nSPS) is 14.9. The van der Waals surface area contributed by atoms with E-state index in [1.165, 1.54) is 21.9 Å². The smallest absolute Gasteiger partial charge is 0.254 e. The molecule has 0 radical (unpaired) electrons. The zero-order valence-corrected chi connectivity index (χ0v) is 20.9. The van der Waals surface area contributed by atoms with E-state index in [4.69, 9.17) is 4.74 Å². The van der Waals surface area contributed by atoms with Crippen LogP contribution in [-0.4, -0.2) is 47.9 Å². The van der Waals surface area contributed by atoms with Crippen molar-refractivity contribution in [3.8, 4) is 5.75 Å². The molecule has 0 saturated carbocycles. The highest BCUT2D eigenvalue weighted by Crippen LogP contribution is 2.34. The maximum atomic E-state index is 13.5. The van der Waals surface area contributed by atoms with Crippen molar-refractivity contribution in [3.05, 3.63) is 98.9 Å². The standard InChI is InChI=1S/C26H24BrFN2O3S/c1-2-12-29(26(32)18-4-3-5-19(27)15-18)16-25(31)30-13-10-24-22(11-14-34-24)23(30)17-33-21-8-6-20(28)7-9-21/h2-9,11,14-15,23H,1,10,12-13,16-17H2/t23-/m0/s1. The third-order valence-electron chi connectivity index (χ3n) is 5.67. The number of carbonyl (C=O) groups excluding carboxylic acids is 2. The molecule has 1 atom stereocenters. The van der Waals surface area contributed by atoms with E-state index in [-0.39, 0.29) is 43.4 Å². The molecule has 0 saturated heterocycles. The van der Waals surface area contributed by atoms with Gasteiger partial charge in [0, 0.05) is 28.0 Å². The van der Waals surface area contributed by atoms with Gasteiger partial charge in [-0.2, -0.15) is 0 Å². The molecule has 1 aromatic heterocycles. The fourth-order valence-electron chi connectivity index (χ4n) is 4.01. The Balaban J connectivity index is 1.52. The van der Waals surface area contributed by atoms with Crippen LogP contribution in [0.3, 0.4) is 0 Å². The predicted molar refractivity (Wildman–Crippen MR) is 135 cm³/mol. The van der Waals surface area contributed by atoms with Crippen molar-refractivity contribution in [1.82, 2.24) is 9.80 Å². The second-order valence-electron chi connectivity index (χ2n) is 7.90. The molecule has 2 heterocycles. The molecule has 0 aliphatic carbocycles. The molecule has 4 rings (SSSR count). The fraction of sp³-hybridized carbons (Fsp3) is 0.231. The molecule has 1 aliphatic rings. The van der Waals surface area contributed by atoms with Crippen molar-refractivity contribution in [2.75, 3.05) is 26.2 Å². The molecule has 3 aromatic rings. The summed E-state index contributed by atoms with van der Waals surface area (Å²) in [7, 11) is 0. The Morgan fingerprint density at radius 3 is 2.76 bits per heavy atom. The number of ether oxygens (including phenoxy) is 1. The molecule has 0 N–H and O–H groups in total. The highest BCUT2D eigenvalue weighted by molar-refractivity contribution is 9.10. The van der Waals surface area contributed by atoms with Gasteiger partial charge in [0.2, 0.25) is 5.91 Å². The molecule has 0 unspecified atom stereocenters. The maximum Gasteiger partial charge on any atom is 0.254 e. The molecule has 0 bridgehead atoms. The Morgan fingerprint density at radius 2 is 2.03 bits per heavy atom. The summed E-state index contributed by atoms with van der Waals surface area (Å²) in [5, 5.41) is 2.02. The Morgan fingerprint density at radius 1 is 1.24 bits per heavy atom. The first-order valence-corrected chi connectivity index (χ1v) is 12.5. The zero-order chi connectivity index (χ0) is 24.1. The molecule has 34 heavy (non-hydrogen) atoms. The first kappa shape index (κ1) is 24.2. The van der Waals surface area contributed by atoms with E-state index in [9.17, 15) is 14.0 Å². The lowest BCUT2D eigenvalue weighted by Gasteiger charge is -2.37. The van der Waals surface area contributed by atoms with E-state index in [1.54, 1.807) is 52.6 Å². The summed E-state index contributed by atoms with van der Waals surface area (Å²) in [6.45, 7) is 4.71. The molecule has 176 valence electrons. The number of nitrogens with zero attached hydrogens (tertiary/aromatic N) is 2. The van der Waals surface area contributed by atoms with Crippen LogP contribution in [-0.2, 0) is 11.2 Å². The lowest BCUT2D eigenvalue weighted by molar-refractivity contribution is -0.135. The van der Waals surface area contributed by atoms with Crippen LogP contribution in [0, 0.1) is 5.82 Å². The van der Waals surface area contributed by atoms with Gasteiger partial charge in [-0.05, 0) is 65.9 Å². The van der Waals surface area contributed by atoms with Gasteiger partial charge in [-0.25, -0.2) is 4.39 Å². The summed E-state index contributed by atoms with van der Waals surface area (Å²) >= 11 is 5.06. The third-order valence-corrected chi connectivity index (χ3v) is 7.16. The van der Waals surface area contributed by atoms with E-state index in [2.05, 4.69) is 22.5 Å². The largest absolute Gasteiger partial charge is 0.491 e. The molecule has 1 aliphatic heterocycles. The number of hydrogen-bond donors (Lipinski definition) is 0. The van der Waals surface area contributed by atoms with Crippen molar-refractivity contribution < 1.29 is 18.7 Å². The number of fused-ring (bicyclic) bond motifs is 1. The molecule has 2 aromatic carbocycles. The monoisotopic (exact) mass is 542 g/mol. The molecule has 8 heteroatoms. The van der Waals surface area contributed by atoms with Crippen LogP contribution in [0.1, 0.15) is 26.8 Å². The van der Waals surface area contributed by atoms with Gasteiger partial charge in [0.25, 0.3) is 5.91 Å². The Bertz CT molecular complexity index is 1180. The summed E-state index contributed by atoms with van der Waals surface area (Å²) in [6.07, 6.45) is 2.37. The molecular weight excluding hydrogens is 519 g/mol. The van der Waals surface area contributed by atoms with E-state index in [1.807, 2.05) is 17.5 Å². The predicted octanol–water partition coefficient (Wildman–Crippen LogP) is 5.48. The highest BCUT2D eigenvalue weighted by Gasteiger charge is 2.33. The Labute approximate surface area is 210 Å². The van der Waals surface area contributed by atoms with Crippen molar-refractivity contribution in [1.29, 1.82) is 0 Å². The average molecular weight is 543 g/mol. The van der Waals surface area contributed by atoms with Crippen molar-refractivity contribution in [3.63, 3.8) is 0 Å². The van der Waals surface area contributed by atoms with Crippen LogP contribution in [0.5, 0.6) is 5.75 Å². The Hall–Kier alpha value is -2.97. The van der Waals surface area contributed by atoms with Gasteiger partial charge in [-0.3, -0.25) is 9.59 Å². The van der Waals surface area contributed by atoms with Gasteiger partial charge in [-0.1, -0.05) is 28.1 Å². The van der Waals surface area contributed by atoms with Gasteiger partial charge in [0.15, 0.2) is 0 Å². The molecule has 0 fully saturated rings. The first-order chi connectivity index (χ1) is 16.5. The van der Waals surface area contributed by atoms with Gasteiger partial charge in [0.05, 0.1) is 6.04 Å². The first-order valence-electron chi connectivity index (χ1n) is 10.9. The number of amides is 2. The van der Waals surface area contributed by atoms with Crippen LogP contribution in [0.15, 0.2) is 77.1 Å². The summed E-state index contributed by atoms with van der Waals surface area (Å²) in [4.78, 5) is 31.1. The summed E-state index contributed by atoms with van der Waals surface area (Å²) in [6, 6.07) is 14.7. The van der Waals surface area contributed by atoms with E-state index in [0.29, 0.717) is 17.9 Å². The van der Waals surface area contributed by atoms with Crippen molar-refractivity contribution in [2.45, 2.75) is 12.5 Å². The number of carbonyl (C=O) groups is 2. The van der Waals surface area contributed by atoms with E-state index >= 15 is 0 Å². The number of rotatable bonds is 8. The minimum Gasteiger partial charge on any atom is -0.491 e. The molecular formula is C26H24BrFN2O3S. The second kappa shape index (κ2) is 11.0. The highest BCUT2D eigenvalue weighted by atomic mass is 79.9. The Kier molecular flexibility index (Phi) is 7.80. The number of hydrogen-bond acceptors (Lipinski definition) is 4. The van der Waals surface area contributed by atoms with Crippen LogP contribution in [0.2, 0.25) is 0 Å². The van der Waals surface area contributed by atoms with Gasteiger partial charge >= 0.3 is 0 Å². The maximum absolute atomic E-state index is 13.5. The third kappa shape index (κ3) is 5.56. The van der Waals surface area contributed by atoms with Gasteiger partial charge in [0.1, 0.15) is 24.7 Å². The lowest BCUT2D eigenvalue weighted by atomic mass is 10.0. The average Bonchev–Trinajstić information content (AvgIpc) is 3.32. The quantitative estimate of drug-likeness (QED) is 0.354. The molecule has 0 spiro atoms. The number of halogens is 2. The van der Waals surface area contributed by atoms with Crippen LogP contribution < -0.4 is 4.74 Å². The minimum atomic E-state index is -0.334. The molecule has 5 nitrogen and oxygen atoms in total. The van der Waals surface area contributed by atoms with Crippen LogP contribution >= 0.6 is 27.3 Å². The summed E-state index contributed by atoms with van der Waals surface area (Å²) < 4.78 is 20.0. The summed E-state index contributed by atoms with van der Waals surface area (Å²) in [5.41, 5.74) is 1.55. The van der Waals surface area contributed by atoms with E-state index in [0.717, 1.165) is 16.5 Å². The van der Waals surface area contributed by atoms with Gasteiger partial charge in [-0.15, -0.1) is 17.9 Å². The SMILES string of the molecule is C=CCN(CC(=O)N1CCc2sccc2[C@@H]1COc1ccc(F)cc1)C(=O)c1cccc(Br)c1.